The quantitative estimate of drug-likeness (QED) is 0.834. The summed E-state index contributed by atoms with van der Waals surface area (Å²) in [4.78, 5) is 23.0. The maximum Gasteiger partial charge on any atom is 0.225 e. The third-order valence-electron chi connectivity index (χ3n) is 2.55. The average Bonchev–Trinajstić information content (AvgIpc) is 2.39. The summed E-state index contributed by atoms with van der Waals surface area (Å²) in [6.07, 6.45) is 1.24. The fraction of sp³-hybridized carbons (Fsp3) is 0.385. The number of benzene rings is 1. The van der Waals surface area contributed by atoms with Gasteiger partial charge in [0.1, 0.15) is 9.84 Å². The lowest BCUT2D eigenvalue weighted by Gasteiger charge is -2.10. The Labute approximate surface area is 128 Å². The van der Waals surface area contributed by atoms with E-state index in [4.69, 9.17) is 11.6 Å². The maximum atomic E-state index is 11.7. The van der Waals surface area contributed by atoms with E-state index in [1.807, 2.05) is 0 Å². The molecule has 0 bridgehead atoms. The third-order valence-corrected chi connectivity index (χ3v) is 3.82. The highest BCUT2D eigenvalue weighted by molar-refractivity contribution is 7.90. The lowest BCUT2D eigenvalue weighted by molar-refractivity contribution is -0.116. The highest BCUT2D eigenvalue weighted by atomic mass is 35.5. The number of rotatable bonds is 6. The van der Waals surface area contributed by atoms with Crippen molar-refractivity contribution in [2.75, 3.05) is 22.6 Å². The molecule has 0 aliphatic rings. The number of sulfone groups is 1. The first kappa shape index (κ1) is 17.5. The Morgan fingerprint density at radius 1 is 1.19 bits per heavy atom. The summed E-state index contributed by atoms with van der Waals surface area (Å²) in [6.45, 7) is 1.72. The Hall–Kier alpha value is -1.60. The smallest absolute Gasteiger partial charge is 0.225 e. The van der Waals surface area contributed by atoms with Crippen LogP contribution in [0.1, 0.15) is 19.8 Å². The molecule has 2 N–H and O–H groups in total. The summed E-state index contributed by atoms with van der Waals surface area (Å²) in [5.41, 5.74) is 0.828. The molecule has 21 heavy (non-hydrogen) atoms. The highest BCUT2D eigenvalue weighted by Gasteiger charge is 2.11. The number of hydrogen-bond donors (Lipinski definition) is 2. The number of hydrogen-bond acceptors (Lipinski definition) is 4. The van der Waals surface area contributed by atoms with Crippen molar-refractivity contribution < 1.29 is 18.0 Å². The maximum absolute atomic E-state index is 11.7. The van der Waals surface area contributed by atoms with Crippen LogP contribution in [0.5, 0.6) is 0 Å². The van der Waals surface area contributed by atoms with Crippen LogP contribution < -0.4 is 10.6 Å². The molecule has 1 aromatic carbocycles. The lowest BCUT2D eigenvalue weighted by atomic mass is 10.2. The minimum absolute atomic E-state index is 0.152. The first-order valence-corrected chi connectivity index (χ1v) is 8.72. The number of carbonyl (C=O) groups is 2. The van der Waals surface area contributed by atoms with Gasteiger partial charge in [0.25, 0.3) is 0 Å². The summed E-state index contributed by atoms with van der Waals surface area (Å²) in [5.74, 6) is -0.851. The van der Waals surface area contributed by atoms with Gasteiger partial charge >= 0.3 is 0 Å². The van der Waals surface area contributed by atoms with Crippen LogP contribution in [0, 0.1) is 0 Å². The van der Waals surface area contributed by atoms with E-state index < -0.39 is 15.7 Å². The van der Waals surface area contributed by atoms with Crippen LogP contribution in [0.25, 0.3) is 0 Å². The molecule has 0 aliphatic carbocycles. The molecular formula is C13H17ClN2O4S. The number of halogens is 1. The van der Waals surface area contributed by atoms with E-state index in [-0.39, 0.29) is 18.1 Å². The van der Waals surface area contributed by atoms with Gasteiger partial charge in [-0.3, -0.25) is 9.59 Å². The minimum Gasteiger partial charge on any atom is -0.326 e. The van der Waals surface area contributed by atoms with Crippen LogP contribution in [-0.2, 0) is 19.4 Å². The minimum atomic E-state index is -3.20. The molecular weight excluding hydrogens is 316 g/mol. The van der Waals surface area contributed by atoms with E-state index in [1.165, 1.54) is 6.07 Å². The van der Waals surface area contributed by atoms with Gasteiger partial charge in [-0.2, -0.15) is 0 Å². The zero-order chi connectivity index (χ0) is 16.0. The number of amides is 2. The van der Waals surface area contributed by atoms with Crippen molar-refractivity contribution in [2.24, 2.45) is 0 Å². The molecule has 6 nitrogen and oxygen atoms in total. The summed E-state index contributed by atoms with van der Waals surface area (Å²) < 4.78 is 22.0. The molecule has 0 saturated heterocycles. The predicted octanol–water partition coefficient (Wildman–Crippen LogP) is 2.06. The largest absolute Gasteiger partial charge is 0.326 e. The topological polar surface area (TPSA) is 92.3 Å². The Morgan fingerprint density at radius 3 is 2.43 bits per heavy atom. The van der Waals surface area contributed by atoms with Gasteiger partial charge in [-0.1, -0.05) is 18.5 Å². The fourth-order valence-electron chi connectivity index (χ4n) is 1.44. The second-order valence-corrected chi connectivity index (χ2v) is 7.19. The second kappa shape index (κ2) is 7.42. The molecule has 0 saturated carbocycles. The molecule has 0 aromatic heterocycles. The fourth-order valence-corrected chi connectivity index (χ4v) is 2.16. The molecule has 1 rings (SSSR count). The van der Waals surface area contributed by atoms with Crippen LogP contribution in [0.3, 0.4) is 0 Å². The van der Waals surface area contributed by atoms with Crippen molar-refractivity contribution in [2.45, 2.75) is 19.8 Å². The molecule has 8 heteroatoms. The molecule has 0 atom stereocenters. The van der Waals surface area contributed by atoms with E-state index in [0.29, 0.717) is 22.8 Å². The van der Waals surface area contributed by atoms with Crippen molar-refractivity contribution in [3.8, 4) is 0 Å². The molecule has 0 spiro atoms. The van der Waals surface area contributed by atoms with Gasteiger partial charge in [0.15, 0.2) is 0 Å². The van der Waals surface area contributed by atoms with Crippen molar-refractivity contribution in [3.05, 3.63) is 23.2 Å². The number of anilines is 2. The van der Waals surface area contributed by atoms with Crippen LogP contribution in [0.2, 0.25) is 5.02 Å². The standard InChI is InChI=1S/C13H17ClN2O4S/c1-3-12(17)15-9-4-5-10(14)11(8-9)16-13(18)6-7-21(2,19)20/h4-5,8H,3,6-7H2,1-2H3,(H,15,17)(H,16,18). The van der Waals surface area contributed by atoms with Gasteiger partial charge in [-0.25, -0.2) is 8.42 Å². The van der Waals surface area contributed by atoms with Gasteiger partial charge in [0.05, 0.1) is 16.5 Å². The summed E-state index contributed by atoms with van der Waals surface area (Å²) >= 11 is 5.96. The normalized spacial score (nSPS) is 11.0. The van der Waals surface area contributed by atoms with E-state index in [1.54, 1.807) is 19.1 Å². The Morgan fingerprint density at radius 2 is 1.86 bits per heavy atom. The summed E-state index contributed by atoms with van der Waals surface area (Å²) in [7, 11) is -3.20. The van der Waals surface area contributed by atoms with E-state index >= 15 is 0 Å². The van der Waals surface area contributed by atoms with E-state index in [0.717, 1.165) is 6.26 Å². The summed E-state index contributed by atoms with van der Waals surface area (Å²) in [6, 6.07) is 4.68. The molecule has 0 unspecified atom stereocenters. The predicted molar refractivity (Wildman–Crippen MR) is 83.3 cm³/mol. The summed E-state index contributed by atoms with van der Waals surface area (Å²) in [5, 5.41) is 5.47. The van der Waals surface area contributed by atoms with Gasteiger partial charge < -0.3 is 10.6 Å². The van der Waals surface area contributed by atoms with E-state index in [2.05, 4.69) is 10.6 Å². The Kier molecular flexibility index (Phi) is 6.17. The van der Waals surface area contributed by atoms with Gasteiger partial charge in [0, 0.05) is 24.8 Å². The molecule has 116 valence electrons. The molecule has 0 heterocycles. The molecule has 0 aliphatic heterocycles. The van der Waals surface area contributed by atoms with Gasteiger partial charge in [0.2, 0.25) is 11.8 Å². The van der Waals surface area contributed by atoms with Crippen molar-refractivity contribution >= 4 is 44.6 Å². The molecule has 1 aromatic rings. The zero-order valence-electron chi connectivity index (χ0n) is 11.8. The first-order valence-electron chi connectivity index (χ1n) is 6.28. The van der Waals surface area contributed by atoms with Crippen LogP contribution in [0.15, 0.2) is 18.2 Å². The van der Waals surface area contributed by atoms with E-state index in [9.17, 15) is 18.0 Å². The number of carbonyl (C=O) groups excluding carboxylic acids is 2. The zero-order valence-corrected chi connectivity index (χ0v) is 13.3. The van der Waals surface area contributed by atoms with Crippen molar-refractivity contribution in [1.29, 1.82) is 0 Å². The SMILES string of the molecule is CCC(=O)Nc1ccc(Cl)c(NC(=O)CCS(C)(=O)=O)c1. The molecule has 0 radical (unpaired) electrons. The molecule has 0 fully saturated rings. The first-order chi connectivity index (χ1) is 9.71. The van der Waals surface area contributed by atoms with Crippen molar-refractivity contribution in [3.63, 3.8) is 0 Å². The van der Waals surface area contributed by atoms with Gasteiger partial charge in [-0.05, 0) is 18.2 Å². The lowest BCUT2D eigenvalue weighted by Crippen LogP contribution is -2.17. The Bertz CT molecular complexity index is 644. The average molecular weight is 333 g/mol. The Balaban J connectivity index is 2.75. The van der Waals surface area contributed by atoms with Crippen LogP contribution in [-0.4, -0.2) is 32.2 Å². The third kappa shape index (κ3) is 6.59. The highest BCUT2D eigenvalue weighted by Crippen LogP contribution is 2.25. The van der Waals surface area contributed by atoms with Gasteiger partial charge in [-0.15, -0.1) is 0 Å². The van der Waals surface area contributed by atoms with Crippen molar-refractivity contribution in [1.82, 2.24) is 0 Å². The number of nitrogens with one attached hydrogen (secondary N) is 2. The van der Waals surface area contributed by atoms with Crippen LogP contribution in [0.4, 0.5) is 11.4 Å². The monoisotopic (exact) mass is 332 g/mol. The van der Waals surface area contributed by atoms with Crippen LogP contribution >= 0.6 is 11.6 Å². The molecule has 2 amide bonds. The second-order valence-electron chi connectivity index (χ2n) is 4.52.